The summed E-state index contributed by atoms with van der Waals surface area (Å²) in [6.07, 6.45) is 1.12. The minimum Gasteiger partial charge on any atom is -0.480 e. The predicted octanol–water partition coefficient (Wildman–Crippen LogP) is 1.54. The van der Waals surface area contributed by atoms with E-state index < -0.39 is 18.0 Å². The predicted molar refractivity (Wildman–Crippen MR) is 68.4 cm³/mol. The van der Waals surface area contributed by atoms with Crippen LogP contribution >= 0.6 is 11.3 Å². The van der Waals surface area contributed by atoms with Gasteiger partial charge >= 0.3 is 12.0 Å². The first kappa shape index (κ1) is 14.4. The van der Waals surface area contributed by atoms with Gasteiger partial charge in [-0.1, -0.05) is 13.3 Å². The third kappa shape index (κ3) is 4.33. The minimum atomic E-state index is -1.01. The highest BCUT2D eigenvalue weighted by Crippen LogP contribution is 2.05. The van der Waals surface area contributed by atoms with Gasteiger partial charge in [-0.15, -0.1) is 11.3 Å². The largest absolute Gasteiger partial charge is 0.480 e. The Labute approximate surface area is 110 Å². The van der Waals surface area contributed by atoms with Gasteiger partial charge in [-0.3, -0.25) is 0 Å². The van der Waals surface area contributed by atoms with Crippen molar-refractivity contribution in [3.8, 4) is 0 Å². The molecule has 7 heteroatoms. The first-order chi connectivity index (χ1) is 8.54. The van der Waals surface area contributed by atoms with Crippen LogP contribution in [-0.4, -0.2) is 40.1 Å². The van der Waals surface area contributed by atoms with Crippen molar-refractivity contribution in [1.29, 1.82) is 0 Å². The molecule has 0 unspecified atom stereocenters. The first-order valence-corrected chi connectivity index (χ1v) is 6.60. The summed E-state index contributed by atoms with van der Waals surface area (Å²) in [5.74, 6) is -1.01. The van der Waals surface area contributed by atoms with Crippen molar-refractivity contribution in [2.45, 2.75) is 32.4 Å². The van der Waals surface area contributed by atoms with E-state index >= 15 is 0 Å². The van der Waals surface area contributed by atoms with E-state index in [1.807, 2.05) is 12.3 Å². The molecule has 0 fully saturated rings. The summed E-state index contributed by atoms with van der Waals surface area (Å²) >= 11 is 1.46. The molecule has 100 valence electrons. The van der Waals surface area contributed by atoms with Crippen molar-refractivity contribution in [1.82, 2.24) is 15.2 Å². The molecule has 0 aliphatic rings. The van der Waals surface area contributed by atoms with Crippen molar-refractivity contribution in [2.24, 2.45) is 0 Å². The average Bonchev–Trinajstić information content (AvgIpc) is 2.80. The Hall–Kier alpha value is -1.63. The molecule has 0 spiro atoms. The van der Waals surface area contributed by atoms with E-state index in [-0.39, 0.29) is 0 Å². The number of rotatable bonds is 6. The number of thiazole rings is 1. The maximum absolute atomic E-state index is 11.8. The topological polar surface area (TPSA) is 82.5 Å². The van der Waals surface area contributed by atoms with Crippen LogP contribution in [0.4, 0.5) is 4.79 Å². The minimum absolute atomic E-state index is 0.369. The van der Waals surface area contributed by atoms with Crippen molar-refractivity contribution in [3.05, 3.63) is 16.6 Å². The highest BCUT2D eigenvalue weighted by molar-refractivity contribution is 7.07. The summed E-state index contributed by atoms with van der Waals surface area (Å²) in [5.41, 5.74) is 2.48. The third-order valence-corrected chi connectivity index (χ3v) is 3.04. The Kier molecular flexibility index (Phi) is 5.57. The van der Waals surface area contributed by atoms with Crippen LogP contribution in [0.5, 0.6) is 0 Å². The van der Waals surface area contributed by atoms with E-state index in [2.05, 4.69) is 10.3 Å². The number of nitrogens with zero attached hydrogens (tertiary/aromatic N) is 2. The Balaban J connectivity index is 2.50. The van der Waals surface area contributed by atoms with Crippen molar-refractivity contribution < 1.29 is 14.7 Å². The molecule has 0 radical (unpaired) electrons. The Bertz CT molecular complexity index is 394. The second kappa shape index (κ2) is 6.95. The molecule has 2 N–H and O–H groups in total. The number of amides is 2. The normalized spacial score (nSPS) is 11.9. The number of hydrogen-bond donors (Lipinski definition) is 2. The second-order valence-electron chi connectivity index (χ2n) is 3.96. The fourth-order valence-corrected chi connectivity index (χ4v) is 1.99. The van der Waals surface area contributed by atoms with Gasteiger partial charge in [-0.05, 0) is 6.42 Å². The molecule has 0 aliphatic carbocycles. The lowest BCUT2D eigenvalue weighted by Crippen LogP contribution is -2.46. The van der Waals surface area contributed by atoms with Gasteiger partial charge < -0.3 is 15.3 Å². The van der Waals surface area contributed by atoms with Gasteiger partial charge in [0.25, 0.3) is 0 Å². The summed E-state index contributed by atoms with van der Waals surface area (Å²) in [6.45, 7) is 2.24. The highest BCUT2D eigenvalue weighted by atomic mass is 32.1. The van der Waals surface area contributed by atoms with Crippen molar-refractivity contribution >= 4 is 23.3 Å². The fraction of sp³-hybridized carbons (Fsp3) is 0.545. The number of carboxylic acid groups (broad SMARTS) is 1. The van der Waals surface area contributed by atoms with Crippen LogP contribution < -0.4 is 5.32 Å². The maximum Gasteiger partial charge on any atom is 0.326 e. The summed E-state index contributed by atoms with van der Waals surface area (Å²) in [5, 5.41) is 13.3. The van der Waals surface area contributed by atoms with Crippen molar-refractivity contribution in [2.75, 3.05) is 7.05 Å². The summed E-state index contributed by atoms with van der Waals surface area (Å²) in [4.78, 5) is 28.2. The maximum atomic E-state index is 11.8. The molecule has 1 aromatic rings. The standard InChI is InChI=1S/C11H17N3O3S/c1-3-4-9(10(15)16)13-11(17)14(2)5-8-6-18-7-12-8/h6-7,9H,3-5H2,1-2H3,(H,13,17)(H,15,16)/t9-/m0/s1. The van der Waals surface area contributed by atoms with E-state index in [0.717, 1.165) is 5.69 Å². The fourth-order valence-electron chi connectivity index (χ4n) is 1.44. The summed E-state index contributed by atoms with van der Waals surface area (Å²) in [7, 11) is 1.61. The molecule has 1 rings (SSSR count). The van der Waals surface area contributed by atoms with Gasteiger partial charge in [0.15, 0.2) is 0 Å². The lowest BCUT2D eigenvalue weighted by Gasteiger charge is -2.20. The van der Waals surface area contributed by atoms with E-state index in [9.17, 15) is 9.59 Å². The number of carbonyl (C=O) groups excluding carboxylic acids is 1. The smallest absolute Gasteiger partial charge is 0.326 e. The van der Waals surface area contributed by atoms with Crippen LogP contribution in [0, 0.1) is 0 Å². The molecule has 0 bridgehead atoms. The molecule has 0 saturated heterocycles. The summed E-state index contributed by atoms with van der Waals surface area (Å²) in [6, 6.07) is -1.23. The molecule has 0 saturated carbocycles. The zero-order chi connectivity index (χ0) is 13.5. The molecule has 2 amide bonds. The summed E-state index contributed by atoms with van der Waals surface area (Å²) < 4.78 is 0. The number of aromatic nitrogens is 1. The van der Waals surface area contributed by atoms with Gasteiger partial charge in [-0.2, -0.15) is 0 Å². The molecular weight excluding hydrogens is 254 g/mol. The van der Waals surface area contributed by atoms with E-state index in [1.54, 1.807) is 12.6 Å². The van der Waals surface area contributed by atoms with Crippen LogP contribution in [0.1, 0.15) is 25.5 Å². The second-order valence-corrected chi connectivity index (χ2v) is 4.68. The zero-order valence-electron chi connectivity index (χ0n) is 10.4. The number of carbonyl (C=O) groups is 2. The SMILES string of the molecule is CCC[C@H](NC(=O)N(C)Cc1cscn1)C(=O)O. The molecule has 0 aromatic carbocycles. The van der Waals surface area contributed by atoms with E-state index in [0.29, 0.717) is 19.4 Å². The molecular formula is C11H17N3O3S. The lowest BCUT2D eigenvalue weighted by atomic mass is 10.2. The lowest BCUT2D eigenvalue weighted by molar-refractivity contribution is -0.139. The van der Waals surface area contributed by atoms with E-state index in [4.69, 9.17) is 5.11 Å². The molecule has 6 nitrogen and oxygen atoms in total. The Morgan fingerprint density at radius 3 is 2.83 bits per heavy atom. The van der Waals surface area contributed by atoms with Gasteiger partial charge in [0.2, 0.25) is 0 Å². The molecule has 18 heavy (non-hydrogen) atoms. The Morgan fingerprint density at radius 1 is 1.61 bits per heavy atom. The number of nitrogens with one attached hydrogen (secondary N) is 1. The zero-order valence-corrected chi connectivity index (χ0v) is 11.2. The van der Waals surface area contributed by atoms with Crippen LogP contribution in [0.3, 0.4) is 0 Å². The number of urea groups is 1. The molecule has 0 aliphatic heterocycles. The first-order valence-electron chi connectivity index (χ1n) is 5.66. The van der Waals surface area contributed by atoms with Gasteiger partial charge in [0.1, 0.15) is 6.04 Å². The number of hydrogen-bond acceptors (Lipinski definition) is 4. The number of aliphatic carboxylic acids is 1. The molecule has 1 atom stereocenters. The average molecular weight is 271 g/mol. The Morgan fingerprint density at radius 2 is 2.33 bits per heavy atom. The quantitative estimate of drug-likeness (QED) is 0.822. The third-order valence-electron chi connectivity index (χ3n) is 2.40. The van der Waals surface area contributed by atoms with Crippen LogP contribution in [0.25, 0.3) is 0 Å². The van der Waals surface area contributed by atoms with Gasteiger partial charge in [0.05, 0.1) is 17.7 Å². The monoisotopic (exact) mass is 271 g/mol. The van der Waals surface area contributed by atoms with Crippen LogP contribution in [-0.2, 0) is 11.3 Å². The molecule has 1 heterocycles. The highest BCUT2D eigenvalue weighted by Gasteiger charge is 2.20. The van der Waals surface area contributed by atoms with E-state index in [1.165, 1.54) is 16.2 Å². The van der Waals surface area contributed by atoms with Crippen molar-refractivity contribution in [3.63, 3.8) is 0 Å². The number of carboxylic acids is 1. The molecule has 1 aromatic heterocycles. The van der Waals surface area contributed by atoms with Gasteiger partial charge in [0, 0.05) is 12.4 Å². The van der Waals surface area contributed by atoms with Crippen LogP contribution in [0.15, 0.2) is 10.9 Å². The van der Waals surface area contributed by atoms with Gasteiger partial charge in [-0.25, -0.2) is 14.6 Å². The van der Waals surface area contributed by atoms with Crippen LogP contribution in [0.2, 0.25) is 0 Å².